The standard InChI is InChI=1S/C15H14FNO2/c16-13-5-1-12(2-6-13)10-17-15(19)9-11-3-7-14(18)8-4-11/h1-8,18H,9-10H2,(H,17,19). The fourth-order valence-electron chi connectivity index (χ4n) is 1.66. The van der Waals surface area contributed by atoms with Crippen molar-refractivity contribution in [2.75, 3.05) is 0 Å². The van der Waals surface area contributed by atoms with E-state index in [2.05, 4.69) is 5.32 Å². The van der Waals surface area contributed by atoms with Gasteiger partial charge in [-0.2, -0.15) is 0 Å². The Morgan fingerprint density at radius 2 is 1.58 bits per heavy atom. The Bertz CT molecular complexity index is 549. The maximum absolute atomic E-state index is 12.7. The molecule has 0 aliphatic rings. The van der Waals surface area contributed by atoms with Crippen molar-refractivity contribution in [2.24, 2.45) is 0 Å². The molecule has 19 heavy (non-hydrogen) atoms. The second kappa shape index (κ2) is 6.00. The van der Waals surface area contributed by atoms with E-state index in [9.17, 15) is 9.18 Å². The number of amides is 1. The molecule has 0 aromatic heterocycles. The van der Waals surface area contributed by atoms with E-state index in [4.69, 9.17) is 5.11 Å². The van der Waals surface area contributed by atoms with Gasteiger partial charge in [-0.3, -0.25) is 4.79 Å². The predicted molar refractivity (Wildman–Crippen MR) is 70.1 cm³/mol. The van der Waals surface area contributed by atoms with E-state index < -0.39 is 0 Å². The van der Waals surface area contributed by atoms with E-state index in [1.807, 2.05) is 0 Å². The van der Waals surface area contributed by atoms with Crippen LogP contribution in [0, 0.1) is 5.82 Å². The van der Waals surface area contributed by atoms with Crippen LogP contribution in [-0.4, -0.2) is 11.0 Å². The number of halogens is 1. The molecule has 1 amide bonds. The van der Waals surface area contributed by atoms with E-state index in [0.717, 1.165) is 11.1 Å². The van der Waals surface area contributed by atoms with Crippen LogP contribution in [0.25, 0.3) is 0 Å². The van der Waals surface area contributed by atoms with Crippen molar-refractivity contribution in [3.05, 3.63) is 65.5 Å². The van der Waals surface area contributed by atoms with Crippen LogP contribution in [0.1, 0.15) is 11.1 Å². The van der Waals surface area contributed by atoms with Crippen molar-refractivity contribution < 1.29 is 14.3 Å². The maximum Gasteiger partial charge on any atom is 0.224 e. The highest BCUT2D eigenvalue weighted by Gasteiger charge is 2.03. The lowest BCUT2D eigenvalue weighted by molar-refractivity contribution is -0.120. The van der Waals surface area contributed by atoms with Gasteiger partial charge in [-0.1, -0.05) is 24.3 Å². The van der Waals surface area contributed by atoms with Crippen LogP contribution in [0.3, 0.4) is 0 Å². The normalized spacial score (nSPS) is 10.2. The minimum atomic E-state index is -0.292. The smallest absolute Gasteiger partial charge is 0.224 e. The highest BCUT2D eigenvalue weighted by molar-refractivity contribution is 5.78. The lowest BCUT2D eigenvalue weighted by Gasteiger charge is -2.05. The molecule has 0 aliphatic heterocycles. The van der Waals surface area contributed by atoms with Crippen molar-refractivity contribution in [3.63, 3.8) is 0 Å². The summed E-state index contributed by atoms with van der Waals surface area (Å²) in [7, 11) is 0. The van der Waals surface area contributed by atoms with Gasteiger partial charge in [0.1, 0.15) is 11.6 Å². The number of aromatic hydroxyl groups is 1. The number of carbonyl (C=O) groups is 1. The molecule has 4 heteroatoms. The lowest BCUT2D eigenvalue weighted by atomic mass is 10.1. The van der Waals surface area contributed by atoms with Gasteiger partial charge in [0.05, 0.1) is 6.42 Å². The number of hydrogen-bond donors (Lipinski definition) is 2. The van der Waals surface area contributed by atoms with Crippen LogP contribution in [0.2, 0.25) is 0 Å². The van der Waals surface area contributed by atoms with Gasteiger partial charge in [0, 0.05) is 6.54 Å². The summed E-state index contributed by atoms with van der Waals surface area (Å²) in [4.78, 5) is 11.7. The van der Waals surface area contributed by atoms with Crippen molar-refractivity contribution in [1.82, 2.24) is 5.32 Å². The Labute approximate surface area is 110 Å². The van der Waals surface area contributed by atoms with E-state index in [1.165, 1.54) is 12.1 Å². The number of hydrogen-bond acceptors (Lipinski definition) is 2. The summed E-state index contributed by atoms with van der Waals surface area (Å²) in [6, 6.07) is 12.5. The highest BCUT2D eigenvalue weighted by Crippen LogP contribution is 2.10. The van der Waals surface area contributed by atoms with Gasteiger partial charge in [-0.05, 0) is 35.4 Å². The quantitative estimate of drug-likeness (QED) is 0.885. The molecule has 0 bridgehead atoms. The third-order valence-electron chi connectivity index (χ3n) is 2.70. The first kappa shape index (κ1) is 13.1. The Hall–Kier alpha value is -2.36. The summed E-state index contributed by atoms with van der Waals surface area (Å²) < 4.78 is 12.7. The summed E-state index contributed by atoms with van der Waals surface area (Å²) in [6.07, 6.45) is 0.251. The van der Waals surface area contributed by atoms with Crippen LogP contribution in [-0.2, 0) is 17.8 Å². The number of benzene rings is 2. The summed E-state index contributed by atoms with van der Waals surface area (Å²) >= 11 is 0. The Kier molecular flexibility index (Phi) is 4.13. The molecule has 0 aliphatic carbocycles. The predicted octanol–water partition coefficient (Wildman–Crippen LogP) is 2.39. The fourth-order valence-corrected chi connectivity index (χ4v) is 1.66. The average molecular weight is 259 g/mol. The van der Waals surface area contributed by atoms with Crippen molar-refractivity contribution in [2.45, 2.75) is 13.0 Å². The fraction of sp³-hybridized carbons (Fsp3) is 0.133. The average Bonchev–Trinajstić information content (AvgIpc) is 2.41. The molecule has 0 atom stereocenters. The maximum atomic E-state index is 12.7. The zero-order valence-corrected chi connectivity index (χ0v) is 10.3. The van der Waals surface area contributed by atoms with E-state index in [-0.39, 0.29) is 23.9 Å². The second-order valence-electron chi connectivity index (χ2n) is 4.25. The Morgan fingerprint density at radius 3 is 2.21 bits per heavy atom. The van der Waals surface area contributed by atoms with Gasteiger partial charge >= 0.3 is 0 Å². The molecule has 2 aromatic rings. The SMILES string of the molecule is O=C(Cc1ccc(O)cc1)NCc1ccc(F)cc1. The van der Waals surface area contributed by atoms with Crippen molar-refractivity contribution in [1.29, 1.82) is 0 Å². The van der Waals surface area contributed by atoms with Gasteiger partial charge in [0.2, 0.25) is 5.91 Å². The molecular weight excluding hydrogens is 245 g/mol. The highest BCUT2D eigenvalue weighted by atomic mass is 19.1. The lowest BCUT2D eigenvalue weighted by Crippen LogP contribution is -2.24. The summed E-state index contributed by atoms with van der Waals surface area (Å²) in [6.45, 7) is 0.372. The van der Waals surface area contributed by atoms with Gasteiger partial charge < -0.3 is 10.4 Å². The van der Waals surface area contributed by atoms with E-state index >= 15 is 0 Å². The number of phenols is 1. The Morgan fingerprint density at radius 1 is 1.00 bits per heavy atom. The Balaban J connectivity index is 1.84. The molecule has 0 saturated heterocycles. The zero-order chi connectivity index (χ0) is 13.7. The molecule has 0 saturated carbocycles. The minimum Gasteiger partial charge on any atom is -0.508 e. The van der Waals surface area contributed by atoms with Crippen LogP contribution in [0.5, 0.6) is 5.75 Å². The molecule has 2 N–H and O–H groups in total. The van der Waals surface area contributed by atoms with Crippen molar-refractivity contribution >= 4 is 5.91 Å². The van der Waals surface area contributed by atoms with Crippen LogP contribution in [0.4, 0.5) is 4.39 Å². The summed E-state index contributed by atoms with van der Waals surface area (Å²) in [5.74, 6) is -0.232. The minimum absolute atomic E-state index is 0.116. The monoisotopic (exact) mass is 259 g/mol. The molecule has 3 nitrogen and oxygen atoms in total. The van der Waals surface area contributed by atoms with Crippen molar-refractivity contribution in [3.8, 4) is 5.75 Å². The number of rotatable bonds is 4. The summed E-state index contributed by atoms with van der Waals surface area (Å²) in [5.41, 5.74) is 1.68. The molecule has 2 rings (SSSR count). The molecule has 2 aromatic carbocycles. The van der Waals surface area contributed by atoms with Gasteiger partial charge in [0.15, 0.2) is 0 Å². The first-order valence-corrected chi connectivity index (χ1v) is 5.92. The van der Waals surface area contributed by atoms with Gasteiger partial charge in [0.25, 0.3) is 0 Å². The van der Waals surface area contributed by atoms with Crippen LogP contribution < -0.4 is 5.32 Å². The summed E-state index contributed by atoms with van der Waals surface area (Å²) in [5, 5.41) is 11.9. The van der Waals surface area contributed by atoms with Gasteiger partial charge in [-0.15, -0.1) is 0 Å². The van der Waals surface area contributed by atoms with Crippen LogP contribution in [0.15, 0.2) is 48.5 Å². The van der Waals surface area contributed by atoms with Gasteiger partial charge in [-0.25, -0.2) is 4.39 Å². The topological polar surface area (TPSA) is 49.3 Å². The van der Waals surface area contributed by atoms with E-state index in [0.29, 0.717) is 6.54 Å². The molecule has 0 spiro atoms. The third kappa shape index (κ3) is 4.10. The van der Waals surface area contributed by atoms with Crippen LogP contribution >= 0.6 is 0 Å². The molecular formula is C15H14FNO2. The number of carbonyl (C=O) groups excluding carboxylic acids is 1. The molecule has 0 radical (unpaired) electrons. The third-order valence-corrected chi connectivity index (χ3v) is 2.70. The molecule has 98 valence electrons. The molecule has 0 fully saturated rings. The second-order valence-corrected chi connectivity index (χ2v) is 4.25. The van der Waals surface area contributed by atoms with E-state index in [1.54, 1.807) is 36.4 Å². The first-order chi connectivity index (χ1) is 9.13. The number of nitrogens with one attached hydrogen (secondary N) is 1. The zero-order valence-electron chi connectivity index (χ0n) is 10.3. The molecule has 0 heterocycles. The molecule has 0 unspecified atom stereocenters. The number of phenolic OH excluding ortho intramolecular Hbond substituents is 1. The first-order valence-electron chi connectivity index (χ1n) is 5.92. The largest absolute Gasteiger partial charge is 0.508 e.